The van der Waals surface area contributed by atoms with E-state index in [0.29, 0.717) is 22.9 Å². The van der Waals surface area contributed by atoms with E-state index in [1.807, 2.05) is 6.92 Å². The van der Waals surface area contributed by atoms with Gasteiger partial charge in [0.2, 0.25) is 5.91 Å². The van der Waals surface area contributed by atoms with Crippen molar-refractivity contribution in [3.8, 4) is 0 Å². The van der Waals surface area contributed by atoms with Crippen LogP contribution in [0.3, 0.4) is 0 Å². The van der Waals surface area contributed by atoms with E-state index in [1.54, 1.807) is 23.5 Å². The number of aromatic nitrogens is 3. The fourth-order valence-electron chi connectivity index (χ4n) is 3.61. The van der Waals surface area contributed by atoms with Crippen LogP contribution in [-0.2, 0) is 4.79 Å². The number of likely N-dealkylation sites (N-methyl/N-ethyl adjacent to an activating group) is 1. The lowest BCUT2D eigenvalue weighted by Gasteiger charge is -2.40. The predicted octanol–water partition coefficient (Wildman–Crippen LogP) is 3.91. The smallest absolute Gasteiger partial charge is 0.250 e. The van der Waals surface area contributed by atoms with Gasteiger partial charge in [0.15, 0.2) is 17.5 Å². The zero-order valence-electron chi connectivity index (χ0n) is 17.2. The van der Waals surface area contributed by atoms with Gasteiger partial charge in [-0.1, -0.05) is 6.92 Å². The second-order valence-electron chi connectivity index (χ2n) is 7.12. The number of benzene rings is 1. The molecule has 2 aromatic heterocycles. The summed E-state index contributed by atoms with van der Waals surface area (Å²) in [4.78, 5) is 29.0. The van der Waals surface area contributed by atoms with Gasteiger partial charge in [-0.25, -0.2) is 23.7 Å². The zero-order chi connectivity index (χ0) is 23.0. The molecule has 1 aliphatic rings. The van der Waals surface area contributed by atoms with E-state index in [2.05, 4.69) is 15.0 Å². The van der Waals surface area contributed by atoms with Gasteiger partial charge in [-0.15, -0.1) is 11.3 Å². The molecule has 0 aliphatic carbocycles. The van der Waals surface area contributed by atoms with Crippen LogP contribution in [-0.4, -0.2) is 45.9 Å². The van der Waals surface area contributed by atoms with Gasteiger partial charge in [0.25, 0.3) is 0 Å². The fraction of sp³-hybridized carbons (Fsp3) is 0.238. The van der Waals surface area contributed by atoms with Crippen molar-refractivity contribution in [1.82, 2.24) is 15.0 Å². The normalized spacial score (nSPS) is 16.6. The van der Waals surface area contributed by atoms with Crippen molar-refractivity contribution in [3.63, 3.8) is 0 Å². The zero-order valence-corrected chi connectivity index (χ0v) is 18.0. The molecule has 0 saturated carbocycles. The van der Waals surface area contributed by atoms with Crippen LogP contribution in [0, 0.1) is 22.5 Å². The van der Waals surface area contributed by atoms with E-state index in [9.17, 15) is 13.6 Å². The number of anilines is 3. The molecule has 2 unspecified atom stereocenters. The Hall–Kier alpha value is -3.60. The van der Waals surface area contributed by atoms with Gasteiger partial charge < -0.3 is 20.6 Å². The maximum atomic E-state index is 14.0. The first-order chi connectivity index (χ1) is 15.4. The number of carbonyl (C=O) groups excluding carboxylic acids is 1. The number of hydrogen-bond acceptors (Lipinski definition) is 8. The Morgan fingerprint density at radius 1 is 1.31 bits per heavy atom. The van der Waals surface area contributed by atoms with Crippen LogP contribution in [0.4, 0.5) is 26.0 Å². The molecule has 4 rings (SSSR count). The van der Waals surface area contributed by atoms with Gasteiger partial charge in [0, 0.05) is 36.6 Å². The molecular formula is C21H19F2N7OS. The maximum Gasteiger partial charge on any atom is 0.250 e. The molecule has 8 nitrogen and oxygen atoms in total. The molecule has 2 atom stereocenters. The largest absolute Gasteiger partial charge is 0.312 e. The summed E-state index contributed by atoms with van der Waals surface area (Å²) < 4.78 is 27.6. The highest BCUT2D eigenvalue weighted by Gasteiger charge is 2.39. The topological polar surface area (TPSA) is 110 Å². The lowest BCUT2D eigenvalue weighted by molar-refractivity contribution is -0.119. The van der Waals surface area contributed by atoms with Crippen LogP contribution in [0.15, 0.2) is 36.0 Å². The van der Waals surface area contributed by atoms with Crippen molar-refractivity contribution in [3.05, 3.63) is 58.4 Å². The number of nitrogens with zero attached hydrogens (tertiary/aromatic N) is 5. The summed E-state index contributed by atoms with van der Waals surface area (Å²) in [5.74, 6) is -2.64. The van der Waals surface area contributed by atoms with E-state index in [1.165, 1.54) is 28.5 Å². The summed E-state index contributed by atoms with van der Waals surface area (Å²) in [6.45, 7) is 1.81. The number of nitrogens with one attached hydrogen (secondary N) is 2. The third kappa shape index (κ3) is 3.54. The summed E-state index contributed by atoms with van der Waals surface area (Å²) in [7, 11) is 1.60. The highest BCUT2D eigenvalue weighted by molar-refractivity contribution is 7.11. The summed E-state index contributed by atoms with van der Waals surface area (Å²) in [5, 5.41) is 18.5. The third-order valence-corrected chi connectivity index (χ3v) is 6.08. The van der Waals surface area contributed by atoms with Crippen LogP contribution in [0.1, 0.15) is 30.1 Å². The lowest BCUT2D eigenvalue weighted by atomic mass is 10.0. The minimum atomic E-state index is -1.04. The van der Waals surface area contributed by atoms with E-state index in [4.69, 9.17) is 10.8 Å². The van der Waals surface area contributed by atoms with Crippen molar-refractivity contribution in [2.75, 3.05) is 16.8 Å². The van der Waals surface area contributed by atoms with Gasteiger partial charge in [0.1, 0.15) is 22.6 Å². The molecule has 3 aromatic rings. The van der Waals surface area contributed by atoms with Crippen molar-refractivity contribution >= 4 is 46.4 Å². The monoisotopic (exact) mass is 455 g/mol. The first-order valence-corrected chi connectivity index (χ1v) is 10.6. The quantitative estimate of drug-likeness (QED) is 0.548. The number of rotatable bonds is 6. The van der Waals surface area contributed by atoms with E-state index >= 15 is 0 Å². The summed E-state index contributed by atoms with van der Waals surface area (Å²) in [6, 6.07) is 2.71. The van der Waals surface area contributed by atoms with Crippen LogP contribution in [0.25, 0.3) is 0 Å². The number of carbonyl (C=O) groups is 1. The average Bonchev–Trinajstić information content (AvgIpc) is 3.33. The molecule has 0 fully saturated rings. The number of hydrogen-bond donors (Lipinski definition) is 2. The average molecular weight is 455 g/mol. The van der Waals surface area contributed by atoms with Crippen molar-refractivity contribution in [2.45, 2.75) is 25.3 Å². The molecule has 0 spiro atoms. The predicted molar refractivity (Wildman–Crippen MR) is 118 cm³/mol. The van der Waals surface area contributed by atoms with Gasteiger partial charge in [-0.2, -0.15) is 0 Å². The lowest BCUT2D eigenvalue weighted by Crippen LogP contribution is -2.50. The SMILES string of the molecule is CCC1C(=O)N(C)c2cnc(C(C=N)C(=N)c3nccs3)nc2N1c1ccc(F)c(F)c1. The van der Waals surface area contributed by atoms with Gasteiger partial charge in [0.05, 0.1) is 17.8 Å². The minimum Gasteiger partial charge on any atom is -0.312 e. The molecule has 3 heterocycles. The molecule has 2 N–H and O–H groups in total. The van der Waals surface area contributed by atoms with Crippen LogP contribution in [0.2, 0.25) is 0 Å². The second-order valence-corrected chi connectivity index (χ2v) is 8.02. The molecule has 32 heavy (non-hydrogen) atoms. The van der Waals surface area contributed by atoms with Gasteiger partial charge >= 0.3 is 0 Å². The molecule has 0 radical (unpaired) electrons. The number of fused-ring (bicyclic) bond motifs is 1. The summed E-state index contributed by atoms with van der Waals surface area (Å²) >= 11 is 1.27. The summed E-state index contributed by atoms with van der Waals surface area (Å²) in [6.07, 6.45) is 4.46. The van der Waals surface area contributed by atoms with Crippen molar-refractivity contribution < 1.29 is 13.6 Å². The molecule has 1 aliphatic heterocycles. The minimum absolute atomic E-state index is 0.0709. The van der Waals surface area contributed by atoms with E-state index < -0.39 is 23.6 Å². The first kappa shape index (κ1) is 21.6. The Kier molecular flexibility index (Phi) is 5.74. The van der Waals surface area contributed by atoms with Crippen molar-refractivity contribution in [2.24, 2.45) is 0 Å². The Morgan fingerprint density at radius 2 is 2.09 bits per heavy atom. The van der Waals surface area contributed by atoms with Crippen LogP contribution in [0.5, 0.6) is 0 Å². The van der Waals surface area contributed by atoms with Crippen molar-refractivity contribution in [1.29, 1.82) is 10.8 Å². The van der Waals surface area contributed by atoms with Gasteiger partial charge in [-0.3, -0.25) is 4.79 Å². The summed E-state index contributed by atoms with van der Waals surface area (Å²) in [5.41, 5.74) is 0.726. The maximum absolute atomic E-state index is 14.0. The first-order valence-electron chi connectivity index (χ1n) is 9.75. The molecule has 1 amide bonds. The number of amides is 1. The standard InChI is InChI=1S/C21H19F2N7OS/c1-3-15-21(31)29(2)16-10-27-18(12(9-24)17(25)20-26-6-7-32-20)28-19(16)30(15)11-4-5-13(22)14(23)8-11/h4-10,12,15,24-25H,3H2,1-2H3. The molecule has 11 heteroatoms. The highest BCUT2D eigenvalue weighted by Crippen LogP contribution is 2.40. The Bertz CT molecular complexity index is 1200. The molecular weight excluding hydrogens is 436 g/mol. The number of halogens is 2. The Morgan fingerprint density at radius 3 is 2.72 bits per heavy atom. The fourth-order valence-corrected chi connectivity index (χ4v) is 4.24. The molecule has 1 aromatic carbocycles. The Labute approximate surface area is 186 Å². The molecule has 0 bridgehead atoms. The Balaban J connectivity index is 1.87. The van der Waals surface area contributed by atoms with Crippen LogP contribution >= 0.6 is 11.3 Å². The molecule has 164 valence electrons. The highest BCUT2D eigenvalue weighted by atomic mass is 32.1. The van der Waals surface area contributed by atoms with E-state index in [-0.39, 0.29) is 23.1 Å². The van der Waals surface area contributed by atoms with E-state index in [0.717, 1.165) is 18.3 Å². The van der Waals surface area contributed by atoms with Crippen LogP contribution < -0.4 is 9.80 Å². The third-order valence-electron chi connectivity index (χ3n) is 5.27. The second kappa shape index (κ2) is 8.50. The number of thiazole rings is 1. The van der Waals surface area contributed by atoms with Gasteiger partial charge in [-0.05, 0) is 18.6 Å². The molecule has 0 saturated heterocycles.